The van der Waals surface area contributed by atoms with Crippen LogP contribution in [-0.4, -0.2) is 17.0 Å². The molecule has 1 aromatic rings. The van der Waals surface area contributed by atoms with Crippen LogP contribution in [0.5, 0.6) is 0 Å². The molecule has 1 rings (SSSR count). The molecule has 0 saturated heterocycles. The van der Waals surface area contributed by atoms with Gasteiger partial charge in [-0.3, -0.25) is 0 Å². The molecule has 1 N–H and O–H groups in total. The minimum absolute atomic E-state index is 0.732. The average molecular weight is 244 g/mol. The summed E-state index contributed by atoms with van der Waals surface area (Å²) in [5, 5.41) is 2.68. The minimum Gasteiger partial charge on any atom is -0.327 e. The third kappa shape index (κ3) is 7.11. The molecular weight excluding hydrogens is 228 g/mol. The lowest BCUT2D eigenvalue weighted by Gasteiger charge is -1.94. The van der Waals surface area contributed by atoms with Crippen molar-refractivity contribution in [1.82, 2.24) is 4.98 Å². The number of thiazole rings is 1. The van der Waals surface area contributed by atoms with Crippen LogP contribution in [0.2, 0.25) is 0 Å². The number of hydrogen-bond acceptors (Lipinski definition) is 5. The van der Waals surface area contributed by atoms with E-state index < -0.39 is 0 Å². The number of thioether (sulfide) groups is 1. The number of anilines is 1. The van der Waals surface area contributed by atoms with Crippen molar-refractivity contribution < 1.29 is 4.84 Å². The van der Waals surface area contributed by atoms with Gasteiger partial charge in [0.1, 0.15) is 6.11 Å². The zero-order chi connectivity index (χ0) is 11.5. The van der Waals surface area contributed by atoms with Crippen molar-refractivity contribution in [2.75, 3.05) is 17.5 Å². The first-order chi connectivity index (χ1) is 7.33. The smallest absolute Gasteiger partial charge is 0.217 e. The number of aromatic nitrogens is 1. The van der Waals surface area contributed by atoms with Crippen LogP contribution >= 0.6 is 23.1 Å². The van der Waals surface area contributed by atoms with Gasteiger partial charge in [0.05, 0.1) is 11.4 Å². The minimum atomic E-state index is 0.732. The number of hydrogen-bond donors (Lipinski definition) is 1. The highest BCUT2D eigenvalue weighted by Gasteiger charge is 1.94. The van der Waals surface area contributed by atoms with Crippen molar-refractivity contribution in [2.24, 2.45) is 0 Å². The van der Waals surface area contributed by atoms with Gasteiger partial charge < -0.3 is 4.84 Å². The molecule has 0 aliphatic rings. The molecule has 0 bridgehead atoms. The first-order valence-electron chi connectivity index (χ1n) is 4.63. The highest BCUT2D eigenvalue weighted by Crippen LogP contribution is 2.13. The number of aryl methyl sites for hydroxylation is 1. The molecule has 3 nitrogen and oxygen atoms in total. The van der Waals surface area contributed by atoms with Gasteiger partial charge in [-0.25, -0.2) is 4.98 Å². The summed E-state index contributed by atoms with van der Waals surface area (Å²) < 4.78 is 0. The largest absolute Gasteiger partial charge is 0.327 e. The van der Waals surface area contributed by atoms with E-state index in [2.05, 4.69) is 22.5 Å². The van der Waals surface area contributed by atoms with Crippen LogP contribution in [0, 0.1) is 19.0 Å². The summed E-state index contributed by atoms with van der Waals surface area (Å²) in [5.41, 5.74) is 3.63. The molecular formula is C10H16N2OS2. The van der Waals surface area contributed by atoms with Gasteiger partial charge in [0, 0.05) is 5.38 Å². The molecule has 15 heavy (non-hydrogen) atoms. The van der Waals surface area contributed by atoms with Crippen molar-refractivity contribution in [3.63, 3.8) is 0 Å². The highest BCUT2D eigenvalue weighted by molar-refractivity contribution is 7.98. The van der Waals surface area contributed by atoms with Crippen LogP contribution in [0.15, 0.2) is 5.38 Å². The molecule has 0 saturated carbocycles. The molecule has 0 radical (unpaired) electrons. The fourth-order valence-electron chi connectivity index (χ4n) is 0.608. The van der Waals surface area contributed by atoms with Crippen molar-refractivity contribution >= 4 is 28.2 Å². The van der Waals surface area contributed by atoms with Gasteiger partial charge in [0.15, 0.2) is 0 Å². The van der Waals surface area contributed by atoms with Crippen molar-refractivity contribution in [3.8, 4) is 12.0 Å². The highest BCUT2D eigenvalue weighted by atomic mass is 32.2. The third-order valence-electron chi connectivity index (χ3n) is 1.10. The predicted molar refractivity (Wildman–Crippen MR) is 69.1 cm³/mol. The Morgan fingerprint density at radius 1 is 1.60 bits per heavy atom. The molecule has 0 aromatic carbocycles. The maximum Gasteiger partial charge on any atom is 0.217 e. The molecule has 1 heterocycles. The zero-order valence-corrected chi connectivity index (χ0v) is 11.1. The average Bonchev–Trinajstić information content (AvgIpc) is 2.67. The Labute approximate surface area is 99.6 Å². The summed E-state index contributed by atoms with van der Waals surface area (Å²) in [6.45, 7) is 5.93. The van der Waals surface area contributed by atoms with E-state index in [9.17, 15) is 0 Å². The van der Waals surface area contributed by atoms with Gasteiger partial charge in [-0.2, -0.15) is 17.2 Å². The molecule has 0 unspecified atom stereocenters. The standard InChI is InChI=1S/C8H10N2OS2.C2H6/c1-7-6-13-8(9-7)10-11-4-3-5-12-2;1-2/h6H,5H2,1-2H3,(H,9,10);1-2H3. The molecule has 0 spiro atoms. The molecule has 0 fully saturated rings. The summed E-state index contributed by atoms with van der Waals surface area (Å²) in [5.74, 6) is 3.59. The quantitative estimate of drug-likeness (QED) is 0.654. The monoisotopic (exact) mass is 244 g/mol. The predicted octanol–water partition coefficient (Wildman–Crippen LogP) is 3.15. The van der Waals surface area contributed by atoms with Gasteiger partial charge in [-0.05, 0) is 19.1 Å². The number of rotatable bonds is 3. The Morgan fingerprint density at radius 3 is 2.87 bits per heavy atom. The Morgan fingerprint density at radius 2 is 2.33 bits per heavy atom. The van der Waals surface area contributed by atoms with Crippen molar-refractivity contribution in [1.29, 1.82) is 0 Å². The fourth-order valence-corrected chi connectivity index (χ4v) is 1.43. The lowest BCUT2D eigenvalue weighted by atomic mass is 10.6. The van der Waals surface area contributed by atoms with Gasteiger partial charge in [0.25, 0.3) is 0 Å². The Kier molecular flexibility index (Phi) is 9.13. The van der Waals surface area contributed by atoms with Gasteiger partial charge in [0.2, 0.25) is 5.13 Å². The van der Waals surface area contributed by atoms with E-state index in [1.54, 1.807) is 11.8 Å². The normalized spacial score (nSPS) is 8.00. The second-order valence-electron chi connectivity index (χ2n) is 2.21. The van der Waals surface area contributed by atoms with Crippen LogP contribution < -0.4 is 5.48 Å². The Balaban J connectivity index is 0.000000921. The summed E-state index contributed by atoms with van der Waals surface area (Å²) in [6, 6.07) is 0. The molecule has 84 valence electrons. The zero-order valence-electron chi connectivity index (χ0n) is 9.46. The van der Waals surface area contributed by atoms with E-state index in [-0.39, 0.29) is 0 Å². The summed E-state index contributed by atoms with van der Waals surface area (Å²) in [6.07, 6.45) is 4.52. The van der Waals surface area contributed by atoms with E-state index >= 15 is 0 Å². The summed E-state index contributed by atoms with van der Waals surface area (Å²) in [7, 11) is 0. The maximum absolute atomic E-state index is 4.86. The van der Waals surface area contributed by atoms with E-state index in [1.165, 1.54) is 11.3 Å². The van der Waals surface area contributed by atoms with Gasteiger partial charge >= 0.3 is 0 Å². The first kappa shape index (κ1) is 14.1. The van der Waals surface area contributed by atoms with E-state index in [1.807, 2.05) is 32.4 Å². The van der Waals surface area contributed by atoms with Crippen molar-refractivity contribution in [3.05, 3.63) is 11.1 Å². The molecule has 0 amide bonds. The number of nitrogens with one attached hydrogen (secondary N) is 1. The summed E-state index contributed by atoms with van der Waals surface area (Å²) >= 11 is 3.15. The van der Waals surface area contributed by atoms with Crippen LogP contribution in [0.25, 0.3) is 0 Å². The van der Waals surface area contributed by atoms with E-state index in [0.29, 0.717) is 0 Å². The SMILES string of the molecule is CC.CSCC#CONc1nc(C)cs1. The van der Waals surface area contributed by atoms with Crippen LogP contribution in [0.3, 0.4) is 0 Å². The van der Waals surface area contributed by atoms with E-state index in [4.69, 9.17) is 4.84 Å². The number of nitrogens with zero attached hydrogens (tertiary/aromatic N) is 1. The molecule has 0 atom stereocenters. The molecule has 1 aromatic heterocycles. The lowest BCUT2D eigenvalue weighted by molar-refractivity contribution is 0.362. The second-order valence-corrected chi connectivity index (χ2v) is 3.93. The van der Waals surface area contributed by atoms with Gasteiger partial charge in [-0.15, -0.1) is 11.3 Å². The van der Waals surface area contributed by atoms with Crippen molar-refractivity contribution in [2.45, 2.75) is 20.8 Å². The third-order valence-corrected chi connectivity index (χ3v) is 2.39. The topological polar surface area (TPSA) is 34.1 Å². The van der Waals surface area contributed by atoms with Gasteiger partial charge in [-0.1, -0.05) is 13.8 Å². The summed E-state index contributed by atoms with van der Waals surface area (Å²) in [4.78, 5) is 9.00. The second kappa shape index (κ2) is 9.69. The molecule has 0 aliphatic heterocycles. The maximum atomic E-state index is 4.86. The first-order valence-corrected chi connectivity index (χ1v) is 6.91. The lowest BCUT2D eigenvalue weighted by Crippen LogP contribution is -1.94. The Hall–Kier alpha value is -0.860. The Bertz CT molecular complexity index is 315. The van der Waals surface area contributed by atoms with Crippen LogP contribution in [0.1, 0.15) is 19.5 Å². The van der Waals surface area contributed by atoms with E-state index in [0.717, 1.165) is 16.6 Å². The molecule has 5 heteroatoms. The molecule has 0 aliphatic carbocycles. The fraction of sp³-hybridized carbons (Fsp3) is 0.500. The van der Waals surface area contributed by atoms with Crippen LogP contribution in [-0.2, 0) is 4.84 Å². The van der Waals surface area contributed by atoms with Crippen LogP contribution in [0.4, 0.5) is 5.13 Å².